The van der Waals surface area contributed by atoms with Gasteiger partial charge < -0.3 is 10.2 Å². The minimum absolute atomic E-state index is 0.0814. The Kier molecular flexibility index (Phi) is 6.45. The standard InChI is InChI=1S/C28H35N3OS/c1-8-9-31-24-13-19(4)21(14-23(24)20(5)16-28(31,6)7)15-25-26(32)30-27(33-25)29-22-11-17(2)10-18(3)12-22/h10-15,20H,8-9,16H2,1-7H3,(H,29,30,32)/b25-15+. The average molecular weight is 462 g/mol. The number of aliphatic imine (C=N–C) groups is 1. The Hall–Kier alpha value is -2.53. The zero-order valence-electron chi connectivity index (χ0n) is 20.9. The van der Waals surface area contributed by atoms with Crippen LogP contribution in [0.3, 0.4) is 0 Å². The quantitative estimate of drug-likeness (QED) is 0.498. The number of hydrogen-bond donors (Lipinski definition) is 1. The van der Waals surface area contributed by atoms with Gasteiger partial charge in [0.05, 0.1) is 10.6 Å². The number of carbonyl (C=O) groups is 1. The molecule has 4 rings (SSSR count). The summed E-state index contributed by atoms with van der Waals surface area (Å²) < 4.78 is 0. The van der Waals surface area contributed by atoms with Gasteiger partial charge in [-0.25, -0.2) is 4.99 Å². The maximum Gasteiger partial charge on any atom is 0.264 e. The second-order valence-electron chi connectivity index (χ2n) is 10.2. The first-order chi connectivity index (χ1) is 15.6. The Morgan fingerprint density at radius 1 is 1.15 bits per heavy atom. The number of nitrogens with zero attached hydrogens (tertiary/aromatic N) is 2. The number of thioether (sulfide) groups is 1. The lowest BCUT2D eigenvalue weighted by molar-refractivity contribution is -0.115. The van der Waals surface area contributed by atoms with Gasteiger partial charge in [-0.1, -0.05) is 19.9 Å². The van der Waals surface area contributed by atoms with Gasteiger partial charge >= 0.3 is 0 Å². The highest BCUT2D eigenvalue weighted by molar-refractivity contribution is 8.18. The smallest absolute Gasteiger partial charge is 0.264 e. The van der Waals surface area contributed by atoms with Crippen molar-refractivity contribution in [2.45, 2.75) is 72.8 Å². The van der Waals surface area contributed by atoms with E-state index in [1.165, 1.54) is 39.7 Å². The molecule has 2 aromatic carbocycles. The highest BCUT2D eigenvalue weighted by atomic mass is 32.2. The maximum atomic E-state index is 12.7. The Labute approximate surface area is 202 Å². The number of amides is 1. The molecule has 0 bridgehead atoms. The number of aryl methyl sites for hydroxylation is 3. The molecule has 33 heavy (non-hydrogen) atoms. The summed E-state index contributed by atoms with van der Waals surface area (Å²) in [5.41, 5.74) is 8.39. The van der Waals surface area contributed by atoms with Crippen molar-refractivity contribution in [3.05, 3.63) is 63.1 Å². The zero-order chi connectivity index (χ0) is 23.9. The molecule has 0 spiro atoms. The first-order valence-electron chi connectivity index (χ1n) is 11.9. The number of nitrogens with one attached hydrogen (secondary N) is 1. The van der Waals surface area contributed by atoms with Gasteiger partial charge in [0.15, 0.2) is 5.17 Å². The van der Waals surface area contributed by atoms with Crippen LogP contribution in [0.4, 0.5) is 11.4 Å². The van der Waals surface area contributed by atoms with Gasteiger partial charge in [-0.15, -0.1) is 0 Å². The van der Waals surface area contributed by atoms with E-state index in [1.54, 1.807) is 0 Å². The molecule has 2 aliphatic heterocycles. The lowest BCUT2D eigenvalue weighted by Crippen LogP contribution is -2.48. The molecule has 0 radical (unpaired) electrons. The third-order valence-electron chi connectivity index (χ3n) is 6.60. The number of benzene rings is 2. The van der Waals surface area contributed by atoms with Crippen molar-refractivity contribution in [1.82, 2.24) is 5.32 Å². The first kappa shape index (κ1) is 23.6. The van der Waals surface area contributed by atoms with Crippen molar-refractivity contribution in [1.29, 1.82) is 0 Å². The third kappa shape index (κ3) is 4.89. The molecule has 1 fully saturated rings. The van der Waals surface area contributed by atoms with Crippen molar-refractivity contribution >= 4 is 40.3 Å². The fourth-order valence-electron chi connectivity index (χ4n) is 5.21. The van der Waals surface area contributed by atoms with Crippen LogP contribution < -0.4 is 10.2 Å². The number of carbonyl (C=O) groups excluding carboxylic acids is 1. The lowest BCUT2D eigenvalue weighted by Gasteiger charge is -2.48. The van der Waals surface area contributed by atoms with E-state index in [4.69, 9.17) is 0 Å². The Morgan fingerprint density at radius 3 is 2.52 bits per heavy atom. The number of anilines is 1. The molecular formula is C28H35N3OS. The Balaban J connectivity index is 1.66. The van der Waals surface area contributed by atoms with Gasteiger partial charge in [0.1, 0.15) is 0 Å². The van der Waals surface area contributed by atoms with Crippen LogP contribution in [0, 0.1) is 20.8 Å². The number of rotatable bonds is 4. The lowest BCUT2D eigenvalue weighted by atomic mass is 9.79. The van der Waals surface area contributed by atoms with Crippen LogP contribution in [0.5, 0.6) is 0 Å². The van der Waals surface area contributed by atoms with Crippen LogP contribution >= 0.6 is 11.8 Å². The van der Waals surface area contributed by atoms with E-state index in [0.29, 0.717) is 16.0 Å². The number of amidine groups is 1. The second-order valence-corrected chi connectivity index (χ2v) is 11.2. The molecule has 4 nitrogen and oxygen atoms in total. The van der Waals surface area contributed by atoms with Crippen molar-refractivity contribution in [2.24, 2.45) is 4.99 Å². The molecule has 1 saturated heterocycles. The number of hydrogen-bond acceptors (Lipinski definition) is 4. The van der Waals surface area contributed by atoms with Crippen LogP contribution in [0.15, 0.2) is 40.2 Å². The summed E-state index contributed by atoms with van der Waals surface area (Å²) in [6, 6.07) is 10.8. The molecule has 1 atom stereocenters. The molecule has 0 saturated carbocycles. The van der Waals surface area contributed by atoms with E-state index >= 15 is 0 Å². The van der Waals surface area contributed by atoms with Gasteiger partial charge in [-0.05, 0) is 123 Å². The Bertz CT molecular complexity index is 1140. The minimum Gasteiger partial charge on any atom is -0.366 e. The fraction of sp³-hybridized carbons (Fsp3) is 0.429. The van der Waals surface area contributed by atoms with E-state index in [-0.39, 0.29) is 11.4 Å². The summed E-state index contributed by atoms with van der Waals surface area (Å²) in [5.74, 6) is 0.398. The van der Waals surface area contributed by atoms with Gasteiger partial charge in [-0.2, -0.15) is 0 Å². The molecule has 0 aliphatic carbocycles. The van der Waals surface area contributed by atoms with Gasteiger partial charge in [-0.3, -0.25) is 4.79 Å². The summed E-state index contributed by atoms with van der Waals surface area (Å²) in [5, 5.41) is 3.57. The highest BCUT2D eigenvalue weighted by Gasteiger charge is 2.36. The van der Waals surface area contributed by atoms with Crippen molar-refractivity contribution in [3.8, 4) is 0 Å². The van der Waals surface area contributed by atoms with Gasteiger partial charge in [0.2, 0.25) is 0 Å². The molecule has 1 N–H and O–H groups in total. The first-order valence-corrected chi connectivity index (χ1v) is 12.7. The van der Waals surface area contributed by atoms with Crippen LogP contribution in [-0.2, 0) is 4.79 Å². The second kappa shape index (κ2) is 9.02. The highest BCUT2D eigenvalue weighted by Crippen LogP contribution is 2.45. The van der Waals surface area contributed by atoms with E-state index in [2.05, 4.69) is 81.9 Å². The van der Waals surface area contributed by atoms with E-state index in [0.717, 1.165) is 30.6 Å². The SMILES string of the molecule is CCCN1c2cc(C)c(/C=C3/SC(=Nc4cc(C)cc(C)c4)NC3=O)cc2C(C)CC1(C)C. The van der Waals surface area contributed by atoms with E-state index < -0.39 is 0 Å². The van der Waals surface area contributed by atoms with Crippen molar-refractivity contribution in [2.75, 3.05) is 11.4 Å². The van der Waals surface area contributed by atoms with Crippen LogP contribution in [0.2, 0.25) is 0 Å². The third-order valence-corrected chi connectivity index (χ3v) is 7.51. The summed E-state index contributed by atoms with van der Waals surface area (Å²) in [4.78, 5) is 20.6. The molecule has 2 aliphatic rings. The minimum atomic E-state index is -0.0814. The van der Waals surface area contributed by atoms with Crippen molar-refractivity contribution in [3.63, 3.8) is 0 Å². The molecule has 1 amide bonds. The predicted molar refractivity (Wildman–Crippen MR) is 143 cm³/mol. The molecular weight excluding hydrogens is 426 g/mol. The molecule has 2 aromatic rings. The molecule has 174 valence electrons. The molecule has 5 heteroatoms. The van der Waals surface area contributed by atoms with Crippen molar-refractivity contribution < 1.29 is 4.79 Å². The zero-order valence-corrected chi connectivity index (χ0v) is 21.7. The van der Waals surface area contributed by atoms with E-state index in [1.807, 2.05) is 18.2 Å². The average Bonchev–Trinajstić information content (AvgIpc) is 3.03. The monoisotopic (exact) mass is 461 g/mol. The summed E-state index contributed by atoms with van der Waals surface area (Å²) in [6.07, 6.45) is 4.28. The molecule has 1 unspecified atom stereocenters. The molecule has 0 aromatic heterocycles. The van der Waals surface area contributed by atoms with Crippen LogP contribution in [0.25, 0.3) is 6.08 Å². The van der Waals surface area contributed by atoms with Crippen LogP contribution in [-0.4, -0.2) is 23.2 Å². The summed E-state index contributed by atoms with van der Waals surface area (Å²) in [7, 11) is 0. The number of fused-ring (bicyclic) bond motifs is 1. The van der Waals surface area contributed by atoms with Gasteiger partial charge in [0.25, 0.3) is 5.91 Å². The largest absolute Gasteiger partial charge is 0.366 e. The maximum absolute atomic E-state index is 12.7. The van der Waals surface area contributed by atoms with Crippen LogP contribution in [0.1, 0.15) is 74.3 Å². The van der Waals surface area contributed by atoms with Gasteiger partial charge in [0, 0.05) is 17.8 Å². The molecule has 2 heterocycles. The Morgan fingerprint density at radius 2 is 1.85 bits per heavy atom. The topological polar surface area (TPSA) is 44.7 Å². The fourth-order valence-corrected chi connectivity index (χ4v) is 6.04. The normalized spacial score (nSPS) is 22.1. The van der Waals surface area contributed by atoms with E-state index in [9.17, 15) is 4.79 Å². The predicted octanol–water partition coefficient (Wildman–Crippen LogP) is 7.01. The summed E-state index contributed by atoms with van der Waals surface area (Å²) in [6.45, 7) is 16.6. The summed E-state index contributed by atoms with van der Waals surface area (Å²) >= 11 is 1.42.